The van der Waals surface area contributed by atoms with Crippen LogP contribution < -0.4 is 5.32 Å². The van der Waals surface area contributed by atoms with E-state index in [-0.39, 0.29) is 5.91 Å². The zero-order valence-electron chi connectivity index (χ0n) is 10.9. The number of aliphatic hydroxyl groups is 1. The molecule has 2 N–H and O–H groups in total. The van der Waals surface area contributed by atoms with Gasteiger partial charge >= 0.3 is 0 Å². The monoisotopic (exact) mass is 276 g/mol. The Labute approximate surface area is 116 Å². The Morgan fingerprint density at radius 3 is 2.84 bits per heavy atom. The molecule has 4 nitrogen and oxygen atoms in total. The summed E-state index contributed by atoms with van der Waals surface area (Å²) < 4.78 is 0. The van der Waals surface area contributed by atoms with Gasteiger partial charge in [0.1, 0.15) is 4.88 Å². The average Bonchev–Trinajstić information content (AvgIpc) is 2.88. The Kier molecular flexibility index (Phi) is 4.29. The number of carbonyl (C=O) groups excluding carboxylic acids is 1. The van der Waals surface area contributed by atoms with Crippen molar-refractivity contribution >= 4 is 22.9 Å². The van der Waals surface area contributed by atoms with Gasteiger partial charge in [0.2, 0.25) is 0 Å². The summed E-state index contributed by atoms with van der Waals surface area (Å²) in [7, 11) is 0. The fourth-order valence-corrected chi connectivity index (χ4v) is 2.49. The SMILES string of the molecule is CCc1ncc(C(=O)Nc2ccccc2C(C)O)s1. The van der Waals surface area contributed by atoms with Crippen molar-refractivity contribution in [3.05, 3.63) is 45.9 Å². The topological polar surface area (TPSA) is 62.2 Å². The maximum absolute atomic E-state index is 12.1. The van der Waals surface area contributed by atoms with Crippen LogP contribution in [-0.4, -0.2) is 16.0 Å². The van der Waals surface area contributed by atoms with E-state index in [1.165, 1.54) is 11.3 Å². The number of aliphatic hydroxyl groups excluding tert-OH is 1. The highest BCUT2D eigenvalue weighted by Gasteiger charge is 2.13. The molecule has 1 heterocycles. The first-order valence-electron chi connectivity index (χ1n) is 6.15. The number of thiazole rings is 1. The molecule has 0 bridgehead atoms. The number of benzene rings is 1. The van der Waals surface area contributed by atoms with Crippen molar-refractivity contribution < 1.29 is 9.90 Å². The molecule has 5 heteroatoms. The predicted molar refractivity (Wildman–Crippen MR) is 76.5 cm³/mol. The maximum Gasteiger partial charge on any atom is 0.267 e. The number of amides is 1. The predicted octanol–water partition coefficient (Wildman–Crippen LogP) is 3.01. The molecule has 0 saturated heterocycles. The van der Waals surface area contributed by atoms with Gasteiger partial charge in [0.15, 0.2) is 0 Å². The van der Waals surface area contributed by atoms with Gasteiger partial charge in [0.25, 0.3) is 5.91 Å². The number of hydrogen-bond donors (Lipinski definition) is 2. The number of nitrogens with zero attached hydrogens (tertiary/aromatic N) is 1. The standard InChI is InChI=1S/C14H16N2O2S/c1-3-13-15-8-12(19-13)14(18)16-11-7-5-4-6-10(11)9(2)17/h4-9,17H,3H2,1-2H3,(H,16,18). The van der Waals surface area contributed by atoms with Gasteiger partial charge in [-0.1, -0.05) is 25.1 Å². The van der Waals surface area contributed by atoms with Gasteiger partial charge in [-0.05, 0) is 19.4 Å². The number of aryl methyl sites for hydroxylation is 1. The first kappa shape index (κ1) is 13.7. The first-order valence-corrected chi connectivity index (χ1v) is 6.96. The lowest BCUT2D eigenvalue weighted by Gasteiger charge is -2.12. The van der Waals surface area contributed by atoms with Crippen molar-refractivity contribution in [2.24, 2.45) is 0 Å². The average molecular weight is 276 g/mol. The molecule has 100 valence electrons. The molecular formula is C14H16N2O2S. The summed E-state index contributed by atoms with van der Waals surface area (Å²) in [5.41, 5.74) is 1.34. The van der Waals surface area contributed by atoms with Gasteiger partial charge in [-0.25, -0.2) is 4.98 Å². The Bertz CT molecular complexity index is 578. The van der Waals surface area contributed by atoms with Crippen LogP contribution in [0.1, 0.15) is 40.2 Å². The number of rotatable bonds is 4. The molecule has 1 aromatic carbocycles. The molecule has 2 rings (SSSR count). The lowest BCUT2D eigenvalue weighted by molar-refractivity contribution is 0.103. The molecule has 0 fully saturated rings. The fraction of sp³-hybridized carbons (Fsp3) is 0.286. The van der Waals surface area contributed by atoms with Crippen molar-refractivity contribution in [3.63, 3.8) is 0 Å². The molecule has 0 radical (unpaired) electrons. The largest absolute Gasteiger partial charge is 0.389 e. The zero-order chi connectivity index (χ0) is 13.8. The second kappa shape index (κ2) is 5.95. The number of carbonyl (C=O) groups is 1. The third-order valence-electron chi connectivity index (χ3n) is 2.74. The van der Waals surface area contributed by atoms with E-state index in [0.29, 0.717) is 16.1 Å². The highest BCUT2D eigenvalue weighted by Crippen LogP contribution is 2.23. The number of anilines is 1. The van der Waals surface area contributed by atoms with E-state index in [1.54, 1.807) is 25.3 Å². The maximum atomic E-state index is 12.1. The molecule has 0 spiro atoms. The van der Waals surface area contributed by atoms with Crippen LogP contribution in [0.5, 0.6) is 0 Å². The molecule has 0 aliphatic carbocycles. The molecule has 0 aliphatic rings. The minimum atomic E-state index is -0.621. The Morgan fingerprint density at radius 2 is 2.21 bits per heavy atom. The number of hydrogen-bond acceptors (Lipinski definition) is 4. The highest BCUT2D eigenvalue weighted by atomic mass is 32.1. The van der Waals surface area contributed by atoms with Crippen LogP contribution in [0.15, 0.2) is 30.5 Å². The minimum absolute atomic E-state index is 0.190. The molecule has 1 atom stereocenters. The van der Waals surface area contributed by atoms with Crippen molar-refractivity contribution in [1.29, 1.82) is 0 Å². The van der Waals surface area contributed by atoms with Crippen LogP contribution in [0.3, 0.4) is 0 Å². The molecule has 2 aromatic rings. The third-order valence-corrected chi connectivity index (χ3v) is 3.88. The van der Waals surface area contributed by atoms with E-state index in [1.807, 2.05) is 19.1 Å². The molecule has 1 amide bonds. The van der Waals surface area contributed by atoms with Gasteiger partial charge in [-0.15, -0.1) is 11.3 Å². The smallest absolute Gasteiger partial charge is 0.267 e. The van der Waals surface area contributed by atoms with Gasteiger partial charge < -0.3 is 10.4 Å². The van der Waals surface area contributed by atoms with Crippen LogP contribution >= 0.6 is 11.3 Å². The molecule has 0 aliphatic heterocycles. The van der Waals surface area contributed by atoms with Crippen LogP contribution in [0.2, 0.25) is 0 Å². The molecule has 19 heavy (non-hydrogen) atoms. The molecular weight excluding hydrogens is 260 g/mol. The van der Waals surface area contributed by atoms with Gasteiger partial charge in [0.05, 0.1) is 17.3 Å². The molecule has 0 saturated carbocycles. The number of aromatic nitrogens is 1. The normalized spacial score (nSPS) is 12.2. The van der Waals surface area contributed by atoms with Crippen molar-refractivity contribution in [1.82, 2.24) is 4.98 Å². The van der Waals surface area contributed by atoms with Crippen molar-refractivity contribution in [3.8, 4) is 0 Å². The summed E-state index contributed by atoms with van der Waals surface area (Å²) >= 11 is 1.39. The second-order valence-corrected chi connectivity index (χ2v) is 5.30. The first-order chi connectivity index (χ1) is 9.11. The van der Waals surface area contributed by atoms with Gasteiger partial charge in [0, 0.05) is 11.3 Å². The highest BCUT2D eigenvalue weighted by molar-refractivity contribution is 7.13. The summed E-state index contributed by atoms with van der Waals surface area (Å²) in [4.78, 5) is 16.8. The van der Waals surface area contributed by atoms with E-state index in [2.05, 4.69) is 10.3 Å². The van der Waals surface area contributed by atoms with Crippen LogP contribution in [0, 0.1) is 0 Å². The van der Waals surface area contributed by atoms with E-state index >= 15 is 0 Å². The van der Waals surface area contributed by atoms with Crippen LogP contribution in [0.4, 0.5) is 5.69 Å². The third kappa shape index (κ3) is 3.19. The number of nitrogens with one attached hydrogen (secondary N) is 1. The van der Waals surface area contributed by atoms with Gasteiger partial charge in [-0.2, -0.15) is 0 Å². The van der Waals surface area contributed by atoms with E-state index in [0.717, 1.165) is 11.4 Å². The summed E-state index contributed by atoms with van der Waals surface area (Å²) in [5, 5.41) is 13.4. The summed E-state index contributed by atoms with van der Waals surface area (Å²) in [6, 6.07) is 7.23. The summed E-state index contributed by atoms with van der Waals surface area (Å²) in [5.74, 6) is -0.190. The Morgan fingerprint density at radius 1 is 1.47 bits per heavy atom. The second-order valence-electron chi connectivity index (χ2n) is 4.19. The van der Waals surface area contributed by atoms with Crippen LogP contribution in [0.25, 0.3) is 0 Å². The van der Waals surface area contributed by atoms with E-state index in [9.17, 15) is 9.90 Å². The summed E-state index contributed by atoms with van der Waals surface area (Å²) in [6.07, 6.45) is 1.79. The Balaban J connectivity index is 2.19. The molecule has 1 aromatic heterocycles. The minimum Gasteiger partial charge on any atom is -0.389 e. The zero-order valence-corrected chi connectivity index (χ0v) is 11.7. The lowest BCUT2D eigenvalue weighted by Crippen LogP contribution is -2.12. The lowest BCUT2D eigenvalue weighted by atomic mass is 10.1. The number of para-hydroxylation sites is 1. The molecule has 1 unspecified atom stereocenters. The quantitative estimate of drug-likeness (QED) is 0.902. The fourth-order valence-electron chi connectivity index (χ4n) is 1.74. The van der Waals surface area contributed by atoms with E-state index < -0.39 is 6.10 Å². The van der Waals surface area contributed by atoms with Crippen LogP contribution in [-0.2, 0) is 6.42 Å². The summed E-state index contributed by atoms with van der Waals surface area (Å²) in [6.45, 7) is 3.68. The van der Waals surface area contributed by atoms with Crippen molar-refractivity contribution in [2.75, 3.05) is 5.32 Å². The van der Waals surface area contributed by atoms with Crippen molar-refractivity contribution in [2.45, 2.75) is 26.4 Å². The van der Waals surface area contributed by atoms with E-state index in [4.69, 9.17) is 0 Å². The Hall–Kier alpha value is -1.72. The van der Waals surface area contributed by atoms with Gasteiger partial charge in [-0.3, -0.25) is 4.79 Å².